The standard InChI is InChI=1S/C19H19FN4O5S3/c1-13(24(31(2,26)27)16-7-3-14(20)4-8-16)18(25)22-15-5-9-17(10-6-15)32(28,29)23-19-21-11-12-30-19/h3-13H,1-2H3,(H,21,23)(H,22,25)/t13-/m0/s1. The van der Waals surface area contributed by atoms with E-state index in [1.165, 1.54) is 49.5 Å². The molecular formula is C19H19FN4O5S3. The van der Waals surface area contributed by atoms with Crippen molar-refractivity contribution in [3.63, 3.8) is 0 Å². The molecule has 170 valence electrons. The van der Waals surface area contributed by atoms with Gasteiger partial charge in [-0.2, -0.15) is 0 Å². The molecule has 13 heteroatoms. The summed E-state index contributed by atoms with van der Waals surface area (Å²) in [7, 11) is -7.71. The Morgan fingerprint density at radius 3 is 2.22 bits per heavy atom. The van der Waals surface area contributed by atoms with Crippen molar-refractivity contribution in [1.82, 2.24) is 4.98 Å². The first-order valence-electron chi connectivity index (χ1n) is 9.05. The van der Waals surface area contributed by atoms with Crippen LogP contribution < -0.4 is 14.3 Å². The molecule has 1 amide bonds. The molecule has 9 nitrogen and oxygen atoms in total. The van der Waals surface area contributed by atoms with E-state index in [9.17, 15) is 26.0 Å². The van der Waals surface area contributed by atoms with E-state index in [4.69, 9.17) is 0 Å². The van der Waals surface area contributed by atoms with Crippen LogP contribution in [0.2, 0.25) is 0 Å². The second kappa shape index (κ2) is 9.22. The number of anilines is 3. The zero-order valence-electron chi connectivity index (χ0n) is 16.9. The van der Waals surface area contributed by atoms with E-state index >= 15 is 0 Å². The van der Waals surface area contributed by atoms with Crippen LogP contribution in [0.4, 0.5) is 20.9 Å². The molecule has 3 aromatic rings. The maximum atomic E-state index is 13.2. The number of aromatic nitrogens is 1. The van der Waals surface area contributed by atoms with Gasteiger partial charge >= 0.3 is 0 Å². The Kier molecular flexibility index (Phi) is 6.81. The van der Waals surface area contributed by atoms with Gasteiger partial charge in [0.15, 0.2) is 5.13 Å². The summed E-state index contributed by atoms with van der Waals surface area (Å²) in [6, 6.07) is 8.90. The van der Waals surface area contributed by atoms with E-state index in [2.05, 4.69) is 15.0 Å². The van der Waals surface area contributed by atoms with Gasteiger partial charge in [0.1, 0.15) is 11.9 Å². The average Bonchev–Trinajstić information content (AvgIpc) is 3.21. The smallest absolute Gasteiger partial charge is 0.263 e. The number of rotatable bonds is 8. The van der Waals surface area contributed by atoms with E-state index in [0.717, 1.165) is 34.0 Å². The Labute approximate surface area is 189 Å². The average molecular weight is 499 g/mol. The van der Waals surface area contributed by atoms with Crippen LogP contribution >= 0.6 is 11.3 Å². The van der Waals surface area contributed by atoms with Crippen molar-refractivity contribution in [2.45, 2.75) is 17.9 Å². The topological polar surface area (TPSA) is 126 Å². The summed E-state index contributed by atoms with van der Waals surface area (Å²) < 4.78 is 65.8. The number of carbonyl (C=O) groups excluding carboxylic acids is 1. The molecule has 0 bridgehead atoms. The van der Waals surface area contributed by atoms with Gasteiger partial charge in [-0.25, -0.2) is 26.2 Å². The number of nitrogens with zero attached hydrogens (tertiary/aromatic N) is 2. The van der Waals surface area contributed by atoms with Crippen molar-refractivity contribution in [3.05, 3.63) is 65.9 Å². The van der Waals surface area contributed by atoms with Gasteiger partial charge in [0.2, 0.25) is 15.9 Å². The molecule has 1 atom stereocenters. The highest BCUT2D eigenvalue weighted by atomic mass is 32.2. The summed E-state index contributed by atoms with van der Waals surface area (Å²) >= 11 is 1.13. The predicted octanol–water partition coefficient (Wildman–Crippen LogP) is 2.88. The van der Waals surface area contributed by atoms with Crippen molar-refractivity contribution in [2.75, 3.05) is 20.6 Å². The highest BCUT2D eigenvalue weighted by molar-refractivity contribution is 7.93. The van der Waals surface area contributed by atoms with Gasteiger partial charge < -0.3 is 5.32 Å². The van der Waals surface area contributed by atoms with Crippen molar-refractivity contribution < 1.29 is 26.0 Å². The van der Waals surface area contributed by atoms with E-state index in [0.29, 0.717) is 0 Å². The minimum atomic E-state index is -3.86. The van der Waals surface area contributed by atoms with Crippen LogP contribution in [-0.2, 0) is 24.8 Å². The maximum absolute atomic E-state index is 13.2. The number of benzene rings is 2. The largest absolute Gasteiger partial charge is 0.324 e. The third-order valence-electron chi connectivity index (χ3n) is 4.26. The summed E-state index contributed by atoms with van der Waals surface area (Å²) in [5.74, 6) is -1.20. The second-order valence-electron chi connectivity index (χ2n) is 6.67. The lowest BCUT2D eigenvalue weighted by atomic mass is 10.2. The summed E-state index contributed by atoms with van der Waals surface area (Å²) in [5, 5.41) is 4.40. The molecule has 1 heterocycles. The van der Waals surface area contributed by atoms with Crippen molar-refractivity contribution >= 4 is 53.8 Å². The fourth-order valence-electron chi connectivity index (χ4n) is 2.81. The summed E-state index contributed by atoms with van der Waals surface area (Å²) in [4.78, 5) is 16.5. The first-order chi connectivity index (χ1) is 15.0. The second-order valence-corrected chi connectivity index (χ2v) is 11.1. The van der Waals surface area contributed by atoms with Crippen LogP contribution in [0.3, 0.4) is 0 Å². The molecule has 3 rings (SSSR count). The molecule has 0 saturated heterocycles. The molecule has 2 aromatic carbocycles. The molecule has 0 aliphatic rings. The number of amides is 1. The Morgan fingerprint density at radius 1 is 1.06 bits per heavy atom. The van der Waals surface area contributed by atoms with E-state index in [1.807, 2.05) is 0 Å². The van der Waals surface area contributed by atoms with Gasteiger partial charge in [0, 0.05) is 17.3 Å². The van der Waals surface area contributed by atoms with E-state index in [-0.39, 0.29) is 21.4 Å². The van der Waals surface area contributed by atoms with Crippen LogP contribution in [0.5, 0.6) is 0 Å². The summed E-state index contributed by atoms with van der Waals surface area (Å²) in [5.41, 5.74) is 0.397. The molecular weight excluding hydrogens is 479 g/mol. The van der Waals surface area contributed by atoms with Crippen LogP contribution in [0.1, 0.15) is 6.92 Å². The molecule has 0 saturated carbocycles. The van der Waals surface area contributed by atoms with Gasteiger partial charge in [-0.15, -0.1) is 11.3 Å². The molecule has 0 aliphatic heterocycles. The summed E-state index contributed by atoms with van der Waals surface area (Å²) in [6.45, 7) is 1.39. The number of halogens is 1. The van der Waals surface area contributed by atoms with Gasteiger partial charge in [-0.05, 0) is 55.5 Å². The molecule has 0 radical (unpaired) electrons. The number of thiazole rings is 1. The van der Waals surface area contributed by atoms with Crippen molar-refractivity contribution in [3.8, 4) is 0 Å². The number of nitrogens with one attached hydrogen (secondary N) is 2. The number of hydrogen-bond acceptors (Lipinski definition) is 7. The van der Waals surface area contributed by atoms with Crippen LogP contribution in [0, 0.1) is 5.82 Å². The fraction of sp³-hybridized carbons (Fsp3) is 0.158. The van der Waals surface area contributed by atoms with Crippen LogP contribution in [0.25, 0.3) is 0 Å². The van der Waals surface area contributed by atoms with Crippen molar-refractivity contribution in [2.24, 2.45) is 0 Å². The molecule has 0 fully saturated rings. The first-order valence-corrected chi connectivity index (χ1v) is 13.3. The third kappa shape index (κ3) is 5.60. The van der Waals surface area contributed by atoms with E-state index < -0.39 is 37.8 Å². The minimum absolute atomic E-state index is 0.0391. The monoisotopic (exact) mass is 498 g/mol. The van der Waals surface area contributed by atoms with Crippen molar-refractivity contribution in [1.29, 1.82) is 0 Å². The molecule has 0 aliphatic carbocycles. The Hall–Kier alpha value is -3.03. The summed E-state index contributed by atoms with van der Waals surface area (Å²) in [6.07, 6.45) is 2.41. The Balaban J connectivity index is 1.76. The predicted molar refractivity (Wildman–Crippen MR) is 121 cm³/mol. The SMILES string of the molecule is C[C@@H](C(=O)Nc1ccc(S(=O)(=O)Nc2nccs2)cc1)N(c1ccc(F)cc1)S(C)(=O)=O. The highest BCUT2D eigenvalue weighted by Gasteiger charge is 2.29. The molecule has 2 N–H and O–H groups in total. The number of sulfonamides is 2. The number of carbonyl (C=O) groups is 1. The minimum Gasteiger partial charge on any atom is -0.324 e. The molecule has 0 unspecified atom stereocenters. The lowest BCUT2D eigenvalue weighted by Gasteiger charge is -2.28. The lowest BCUT2D eigenvalue weighted by Crippen LogP contribution is -2.45. The van der Waals surface area contributed by atoms with Crippen LogP contribution in [0.15, 0.2) is 65.0 Å². The zero-order chi connectivity index (χ0) is 23.5. The Bertz CT molecular complexity index is 1290. The number of hydrogen-bond donors (Lipinski definition) is 2. The zero-order valence-corrected chi connectivity index (χ0v) is 19.3. The van der Waals surface area contributed by atoms with Gasteiger partial charge in [0.05, 0.1) is 16.8 Å². The third-order valence-corrected chi connectivity index (χ3v) is 7.67. The van der Waals surface area contributed by atoms with Gasteiger partial charge in [-0.3, -0.25) is 13.8 Å². The van der Waals surface area contributed by atoms with Gasteiger partial charge in [0.25, 0.3) is 10.0 Å². The molecule has 0 spiro atoms. The van der Waals surface area contributed by atoms with Crippen LogP contribution in [-0.4, -0.2) is 40.0 Å². The first kappa shape index (κ1) is 23.6. The highest BCUT2D eigenvalue weighted by Crippen LogP contribution is 2.23. The molecule has 32 heavy (non-hydrogen) atoms. The lowest BCUT2D eigenvalue weighted by molar-refractivity contribution is -0.116. The quantitative estimate of drug-likeness (QED) is 0.492. The van der Waals surface area contributed by atoms with Gasteiger partial charge in [-0.1, -0.05) is 0 Å². The molecule has 1 aromatic heterocycles. The van der Waals surface area contributed by atoms with E-state index in [1.54, 1.807) is 5.38 Å². The normalized spacial score (nSPS) is 12.7. The fourth-order valence-corrected chi connectivity index (χ4v) is 5.77. The maximum Gasteiger partial charge on any atom is 0.263 e. The Morgan fingerprint density at radius 2 is 1.69 bits per heavy atom.